The second-order valence-electron chi connectivity index (χ2n) is 3.96. The molecule has 0 aromatic carbocycles. The molecule has 0 aliphatic heterocycles. The van der Waals surface area contributed by atoms with Crippen molar-refractivity contribution in [1.29, 1.82) is 0 Å². The maximum atomic E-state index is 12.6. The van der Waals surface area contributed by atoms with Gasteiger partial charge in [-0.2, -0.15) is 4.31 Å². The minimum Gasteiger partial charge on any atom is -0.206 e. The second-order valence-corrected chi connectivity index (χ2v) is 9.23. The number of nitrogens with zero attached hydrogens (tertiary/aromatic N) is 1. The number of rotatable bonds is 7. The van der Waals surface area contributed by atoms with Gasteiger partial charge in [-0.25, -0.2) is 8.42 Å². The van der Waals surface area contributed by atoms with Gasteiger partial charge in [0.25, 0.3) is 10.0 Å². The van der Waals surface area contributed by atoms with Crippen LogP contribution in [0.3, 0.4) is 0 Å². The van der Waals surface area contributed by atoms with Gasteiger partial charge < -0.3 is 0 Å². The van der Waals surface area contributed by atoms with E-state index in [9.17, 15) is 8.42 Å². The lowest BCUT2D eigenvalue weighted by atomic mass is 10.2. The van der Waals surface area contributed by atoms with Crippen LogP contribution in [-0.2, 0) is 10.0 Å². The van der Waals surface area contributed by atoms with Crippen molar-refractivity contribution in [2.45, 2.75) is 36.9 Å². The van der Waals surface area contributed by atoms with Crippen molar-refractivity contribution in [2.75, 3.05) is 12.4 Å². The summed E-state index contributed by atoms with van der Waals surface area (Å²) in [6.07, 6.45) is 1.51. The Morgan fingerprint density at radius 2 is 2.00 bits per heavy atom. The molecule has 3 nitrogen and oxygen atoms in total. The molecule has 0 spiro atoms. The molecule has 1 aromatic rings. The van der Waals surface area contributed by atoms with Gasteiger partial charge in [0.15, 0.2) is 0 Å². The van der Waals surface area contributed by atoms with Crippen LogP contribution in [0.2, 0.25) is 5.02 Å². The molecule has 110 valence electrons. The summed E-state index contributed by atoms with van der Waals surface area (Å²) < 4.78 is 27.7. The number of sulfonamides is 1. The molecular formula is C11H16BrCl2NO2S2. The molecule has 0 fully saturated rings. The first kappa shape index (κ1) is 17.7. The Morgan fingerprint density at radius 3 is 2.37 bits per heavy atom. The minimum absolute atomic E-state index is 0.0385. The first-order chi connectivity index (χ1) is 8.88. The number of halogens is 3. The highest BCUT2D eigenvalue weighted by atomic mass is 79.9. The Balaban J connectivity index is 3.19. The van der Waals surface area contributed by atoms with Crippen LogP contribution in [0.5, 0.6) is 0 Å². The van der Waals surface area contributed by atoms with E-state index in [1.165, 1.54) is 10.4 Å². The first-order valence-electron chi connectivity index (χ1n) is 5.91. The quantitative estimate of drug-likeness (QED) is 0.619. The molecule has 0 aliphatic carbocycles. The molecule has 1 heterocycles. The Labute approximate surface area is 137 Å². The van der Waals surface area contributed by atoms with Crippen LogP contribution in [0, 0.1) is 0 Å². The van der Waals surface area contributed by atoms with Crippen molar-refractivity contribution in [3.05, 3.63) is 14.9 Å². The summed E-state index contributed by atoms with van der Waals surface area (Å²) in [7, 11) is -3.54. The van der Waals surface area contributed by atoms with Crippen LogP contribution in [-0.4, -0.2) is 31.2 Å². The lowest BCUT2D eigenvalue weighted by Crippen LogP contribution is -2.40. The van der Waals surface area contributed by atoms with Gasteiger partial charge in [-0.1, -0.05) is 25.4 Å². The SMILES string of the molecule is CCC(CC)N(CCCl)S(=O)(=O)c1cc(Cl)c(Br)s1. The maximum Gasteiger partial charge on any atom is 0.252 e. The van der Waals surface area contributed by atoms with Crippen molar-refractivity contribution in [3.8, 4) is 0 Å². The van der Waals surface area contributed by atoms with Crippen LogP contribution in [0.4, 0.5) is 0 Å². The summed E-state index contributed by atoms with van der Waals surface area (Å²) in [5.41, 5.74) is 0. The van der Waals surface area contributed by atoms with Crippen LogP contribution >= 0.6 is 50.5 Å². The minimum atomic E-state index is -3.54. The molecule has 0 N–H and O–H groups in total. The van der Waals surface area contributed by atoms with Crippen molar-refractivity contribution < 1.29 is 8.42 Å². The molecule has 0 amide bonds. The summed E-state index contributed by atoms with van der Waals surface area (Å²) >= 11 is 16.0. The number of hydrogen-bond donors (Lipinski definition) is 0. The zero-order valence-corrected chi connectivity index (χ0v) is 15.4. The Kier molecular flexibility index (Phi) is 7.10. The van der Waals surface area contributed by atoms with Gasteiger partial charge in [-0.15, -0.1) is 22.9 Å². The fraction of sp³-hybridized carbons (Fsp3) is 0.636. The summed E-state index contributed by atoms with van der Waals surface area (Å²) in [4.78, 5) is 0. The number of alkyl halides is 1. The average Bonchev–Trinajstić information content (AvgIpc) is 2.70. The van der Waals surface area contributed by atoms with Crippen molar-refractivity contribution in [3.63, 3.8) is 0 Å². The van der Waals surface area contributed by atoms with Crippen molar-refractivity contribution in [2.24, 2.45) is 0 Å². The largest absolute Gasteiger partial charge is 0.252 e. The fourth-order valence-electron chi connectivity index (χ4n) is 1.85. The van der Waals surface area contributed by atoms with Gasteiger partial charge in [0.05, 0.1) is 8.81 Å². The predicted octanol–water partition coefficient (Wildman–Crippen LogP) is 4.58. The molecule has 1 rings (SSSR count). The highest BCUT2D eigenvalue weighted by Crippen LogP contribution is 2.36. The fourth-order valence-corrected chi connectivity index (χ4v) is 6.43. The molecule has 0 aliphatic rings. The van der Waals surface area contributed by atoms with Gasteiger partial charge in [0, 0.05) is 18.5 Å². The van der Waals surface area contributed by atoms with Crippen LogP contribution in [0.15, 0.2) is 14.1 Å². The highest BCUT2D eigenvalue weighted by molar-refractivity contribution is 9.11. The van der Waals surface area contributed by atoms with Gasteiger partial charge in [0.2, 0.25) is 0 Å². The predicted molar refractivity (Wildman–Crippen MR) is 86.0 cm³/mol. The smallest absolute Gasteiger partial charge is 0.206 e. The number of thiophene rings is 1. The zero-order chi connectivity index (χ0) is 14.6. The third-order valence-corrected chi connectivity index (χ3v) is 7.88. The van der Waals surface area contributed by atoms with E-state index in [-0.39, 0.29) is 16.1 Å². The van der Waals surface area contributed by atoms with E-state index in [0.717, 1.165) is 24.2 Å². The maximum absolute atomic E-state index is 12.6. The normalized spacial score (nSPS) is 12.6. The van der Waals surface area contributed by atoms with E-state index in [0.29, 0.717) is 15.4 Å². The third kappa shape index (κ3) is 4.08. The molecule has 0 saturated carbocycles. The second kappa shape index (κ2) is 7.61. The lowest BCUT2D eigenvalue weighted by Gasteiger charge is -2.28. The molecular weight excluding hydrogens is 393 g/mol. The van der Waals surface area contributed by atoms with Crippen LogP contribution in [0.1, 0.15) is 26.7 Å². The van der Waals surface area contributed by atoms with Gasteiger partial charge >= 0.3 is 0 Å². The Morgan fingerprint density at radius 1 is 1.42 bits per heavy atom. The Bertz CT molecular complexity index is 495. The first-order valence-corrected chi connectivity index (χ1v) is 9.87. The monoisotopic (exact) mass is 407 g/mol. The van der Waals surface area contributed by atoms with E-state index in [4.69, 9.17) is 23.2 Å². The van der Waals surface area contributed by atoms with Crippen LogP contribution in [0.25, 0.3) is 0 Å². The topological polar surface area (TPSA) is 37.4 Å². The van der Waals surface area contributed by atoms with E-state index in [1.54, 1.807) is 0 Å². The zero-order valence-electron chi connectivity index (χ0n) is 10.7. The summed E-state index contributed by atoms with van der Waals surface area (Å²) in [5.74, 6) is 0.274. The molecule has 0 atom stereocenters. The van der Waals surface area contributed by atoms with E-state index >= 15 is 0 Å². The molecule has 19 heavy (non-hydrogen) atoms. The third-order valence-electron chi connectivity index (χ3n) is 2.84. The van der Waals surface area contributed by atoms with Crippen molar-refractivity contribution >= 4 is 60.5 Å². The van der Waals surface area contributed by atoms with E-state index < -0.39 is 10.0 Å². The van der Waals surface area contributed by atoms with Gasteiger partial charge in [-0.05, 0) is 34.8 Å². The highest BCUT2D eigenvalue weighted by Gasteiger charge is 2.31. The van der Waals surface area contributed by atoms with Crippen molar-refractivity contribution in [1.82, 2.24) is 4.31 Å². The average molecular weight is 409 g/mol. The summed E-state index contributed by atoms with van der Waals surface area (Å²) in [6.45, 7) is 4.26. The van der Waals surface area contributed by atoms with Gasteiger partial charge in [0.1, 0.15) is 4.21 Å². The molecule has 0 bridgehead atoms. The molecule has 1 aromatic heterocycles. The Hall–Kier alpha value is 0.670. The standard InChI is InChI=1S/C11H16BrCl2NO2S2/c1-3-8(4-2)15(6-5-13)19(16,17)10-7-9(14)11(12)18-10/h7-8H,3-6H2,1-2H3. The number of hydrogen-bond acceptors (Lipinski definition) is 3. The summed E-state index contributed by atoms with van der Waals surface area (Å²) in [5, 5.41) is 0.416. The molecule has 0 saturated heterocycles. The van der Waals surface area contributed by atoms with E-state index in [1.807, 2.05) is 13.8 Å². The van der Waals surface area contributed by atoms with Crippen LogP contribution < -0.4 is 0 Å². The van der Waals surface area contributed by atoms with E-state index in [2.05, 4.69) is 15.9 Å². The molecule has 0 unspecified atom stereocenters. The van der Waals surface area contributed by atoms with Gasteiger partial charge in [-0.3, -0.25) is 0 Å². The molecule has 0 radical (unpaired) electrons. The molecule has 8 heteroatoms. The summed E-state index contributed by atoms with van der Waals surface area (Å²) in [6, 6.07) is 1.44. The lowest BCUT2D eigenvalue weighted by molar-refractivity contribution is 0.317.